The van der Waals surface area contributed by atoms with Crippen LogP contribution in [-0.4, -0.2) is 25.2 Å². The molecule has 1 unspecified atom stereocenters. The zero-order chi connectivity index (χ0) is 14.4. The summed E-state index contributed by atoms with van der Waals surface area (Å²) in [5.41, 5.74) is 0.434. The Labute approximate surface area is 112 Å². The van der Waals surface area contributed by atoms with Gasteiger partial charge in [-0.15, -0.1) is 0 Å². The van der Waals surface area contributed by atoms with Gasteiger partial charge in [0.2, 0.25) is 0 Å². The van der Waals surface area contributed by atoms with Gasteiger partial charge in [-0.1, -0.05) is 13.3 Å². The number of ether oxygens (including phenoxy) is 2. The van der Waals surface area contributed by atoms with Crippen molar-refractivity contribution in [2.45, 2.75) is 32.7 Å². The minimum Gasteiger partial charge on any atom is -0.493 e. The predicted octanol–water partition coefficient (Wildman–Crippen LogP) is 3.21. The molecule has 0 saturated heterocycles. The summed E-state index contributed by atoms with van der Waals surface area (Å²) in [6.45, 7) is 4.06. The monoisotopic (exact) mass is 268 g/mol. The SMILES string of the molecule is CCCC(C)Nc1cc(OC)c(OC)cc1[N+](=O)[O-]. The number of methoxy groups -OCH3 is 2. The molecule has 0 aliphatic rings. The quantitative estimate of drug-likeness (QED) is 0.607. The smallest absolute Gasteiger partial charge is 0.296 e. The number of nitro benzene ring substituents is 1. The van der Waals surface area contributed by atoms with E-state index in [4.69, 9.17) is 9.47 Å². The van der Waals surface area contributed by atoms with Crippen molar-refractivity contribution in [3.8, 4) is 11.5 Å². The lowest BCUT2D eigenvalue weighted by Crippen LogP contribution is -2.15. The van der Waals surface area contributed by atoms with Gasteiger partial charge in [-0.2, -0.15) is 0 Å². The number of nitro groups is 1. The first kappa shape index (κ1) is 15.1. The average molecular weight is 268 g/mol. The predicted molar refractivity (Wildman–Crippen MR) is 74.2 cm³/mol. The lowest BCUT2D eigenvalue weighted by atomic mass is 10.1. The summed E-state index contributed by atoms with van der Waals surface area (Å²) in [6, 6.07) is 3.13. The molecule has 1 N–H and O–H groups in total. The van der Waals surface area contributed by atoms with E-state index in [9.17, 15) is 10.1 Å². The summed E-state index contributed by atoms with van der Waals surface area (Å²) >= 11 is 0. The van der Waals surface area contributed by atoms with Crippen molar-refractivity contribution in [2.24, 2.45) is 0 Å². The van der Waals surface area contributed by atoms with Crippen LogP contribution in [0.25, 0.3) is 0 Å². The third kappa shape index (κ3) is 3.74. The molecule has 0 aliphatic heterocycles. The van der Waals surface area contributed by atoms with Gasteiger partial charge in [0.05, 0.1) is 25.2 Å². The molecule has 0 amide bonds. The fraction of sp³-hybridized carbons (Fsp3) is 0.538. The van der Waals surface area contributed by atoms with Gasteiger partial charge in [-0.25, -0.2) is 0 Å². The molecule has 6 nitrogen and oxygen atoms in total. The number of rotatable bonds is 7. The number of nitrogens with zero attached hydrogens (tertiary/aromatic N) is 1. The van der Waals surface area contributed by atoms with Crippen LogP contribution in [0.3, 0.4) is 0 Å². The summed E-state index contributed by atoms with van der Waals surface area (Å²) in [6.07, 6.45) is 1.95. The van der Waals surface area contributed by atoms with Gasteiger partial charge < -0.3 is 14.8 Å². The topological polar surface area (TPSA) is 73.6 Å². The molecule has 0 aromatic heterocycles. The average Bonchev–Trinajstić information content (AvgIpc) is 2.38. The van der Waals surface area contributed by atoms with Crippen LogP contribution in [0.1, 0.15) is 26.7 Å². The molecule has 1 atom stereocenters. The molecule has 6 heteroatoms. The molecule has 1 aromatic carbocycles. The third-order valence-corrected chi connectivity index (χ3v) is 2.82. The molecule has 0 saturated carbocycles. The van der Waals surface area contributed by atoms with Gasteiger partial charge in [-0.3, -0.25) is 10.1 Å². The summed E-state index contributed by atoms with van der Waals surface area (Å²) in [5.74, 6) is 0.821. The van der Waals surface area contributed by atoms with E-state index in [2.05, 4.69) is 12.2 Å². The number of anilines is 1. The van der Waals surface area contributed by atoms with Crippen molar-refractivity contribution in [3.63, 3.8) is 0 Å². The van der Waals surface area contributed by atoms with Crippen LogP contribution in [-0.2, 0) is 0 Å². The molecule has 0 heterocycles. The Balaban J connectivity index is 3.16. The van der Waals surface area contributed by atoms with Gasteiger partial charge >= 0.3 is 0 Å². The Hall–Kier alpha value is -1.98. The molecule has 1 rings (SSSR count). The second kappa shape index (κ2) is 6.82. The number of benzene rings is 1. The number of hydrogen-bond donors (Lipinski definition) is 1. The Bertz CT molecular complexity index is 449. The fourth-order valence-corrected chi connectivity index (χ4v) is 1.91. The van der Waals surface area contributed by atoms with Gasteiger partial charge in [0.25, 0.3) is 5.69 Å². The maximum atomic E-state index is 11.1. The molecule has 106 valence electrons. The van der Waals surface area contributed by atoms with Crippen LogP contribution in [0, 0.1) is 10.1 Å². The first-order chi connectivity index (χ1) is 9.03. The molecule has 0 spiro atoms. The molecule has 0 bridgehead atoms. The van der Waals surface area contributed by atoms with E-state index < -0.39 is 4.92 Å². The Morgan fingerprint density at radius 1 is 1.32 bits per heavy atom. The van der Waals surface area contributed by atoms with Crippen LogP contribution in [0.5, 0.6) is 11.5 Å². The number of nitrogens with one attached hydrogen (secondary N) is 1. The second-order valence-corrected chi connectivity index (χ2v) is 4.32. The lowest BCUT2D eigenvalue weighted by molar-refractivity contribution is -0.384. The van der Waals surface area contributed by atoms with E-state index in [0.717, 1.165) is 12.8 Å². The van der Waals surface area contributed by atoms with Crippen molar-refractivity contribution in [2.75, 3.05) is 19.5 Å². The van der Waals surface area contributed by atoms with Crippen LogP contribution in [0.15, 0.2) is 12.1 Å². The summed E-state index contributed by atoms with van der Waals surface area (Å²) in [7, 11) is 2.96. The van der Waals surface area contributed by atoms with Crippen LogP contribution >= 0.6 is 0 Å². The molecule has 19 heavy (non-hydrogen) atoms. The molecular formula is C13H20N2O4. The highest BCUT2D eigenvalue weighted by Gasteiger charge is 2.20. The van der Waals surface area contributed by atoms with E-state index in [1.165, 1.54) is 20.3 Å². The molecular weight excluding hydrogens is 248 g/mol. The summed E-state index contributed by atoms with van der Waals surface area (Å²) < 4.78 is 10.2. The van der Waals surface area contributed by atoms with E-state index in [1.807, 2.05) is 6.92 Å². The highest BCUT2D eigenvalue weighted by molar-refractivity contribution is 5.68. The molecule has 0 aliphatic carbocycles. The van der Waals surface area contributed by atoms with Gasteiger partial charge in [-0.05, 0) is 13.3 Å². The van der Waals surface area contributed by atoms with E-state index >= 15 is 0 Å². The molecule has 0 fully saturated rings. The summed E-state index contributed by atoms with van der Waals surface area (Å²) in [5, 5.41) is 14.2. The molecule has 1 aromatic rings. The third-order valence-electron chi connectivity index (χ3n) is 2.82. The first-order valence-electron chi connectivity index (χ1n) is 6.20. The maximum absolute atomic E-state index is 11.1. The minimum absolute atomic E-state index is 0.0133. The Morgan fingerprint density at radius 3 is 2.37 bits per heavy atom. The molecule has 0 radical (unpaired) electrons. The van der Waals surface area contributed by atoms with E-state index in [1.54, 1.807) is 6.07 Å². The largest absolute Gasteiger partial charge is 0.493 e. The summed E-state index contributed by atoms with van der Waals surface area (Å²) in [4.78, 5) is 10.7. The first-order valence-corrected chi connectivity index (χ1v) is 6.20. The van der Waals surface area contributed by atoms with Crippen LogP contribution in [0.4, 0.5) is 11.4 Å². The van der Waals surface area contributed by atoms with Crippen LogP contribution in [0.2, 0.25) is 0 Å². The zero-order valence-corrected chi connectivity index (χ0v) is 11.7. The van der Waals surface area contributed by atoms with Crippen molar-refractivity contribution in [1.82, 2.24) is 0 Å². The highest BCUT2D eigenvalue weighted by atomic mass is 16.6. The normalized spacial score (nSPS) is 11.8. The lowest BCUT2D eigenvalue weighted by Gasteiger charge is -2.16. The van der Waals surface area contributed by atoms with Crippen LogP contribution < -0.4 is 14.8 Å². The zero-order valence-electron chi connectivity index (χ0n) is 11.7. The second-order valence-electron chi connectivity index (χ2n) is 4.32. The minimum atomic E-state index is -0.428. The Kier molecular flexibility index (Phi) is 5.41. The van der Waals surface area contributed by atoms with Crippen molar-refractivity contribution in [1.29, 1.82) is 0 Å². The van der Waals surface area contributed by atoms with E-state index in [0.29, 0.717) is 17.2 Å². The van der Waals surface area contributed by atoms with Crippen molar-refractivity contribution < 1.29 is 14.4 Å². The van der Waals surface area contributed by atoms with Crippen molar-refractivity contribution >= 4 is 11.4 Å². The van der Waals surface area contributed by atoms with Gasteiger partial charge in [0.1, 0.15) is 5.69 Å². The fourth-order valence-electron chi connectivity index (χ4n) is 1.91. The van der Waals surface area contributed by atoms with Gasteiger partial charge in [0, 0.05) is 12.1 Å². The van der Waals surface area contributed by atoms with E-state index in [-0.39, 0.29) is 11.7 Å². The Morgan fingerprint density at radius 2 is 1.89 bits per heavy atom. The number of hydrogen-bond acceptors (Lipinski definition) is 5. The maximum Gasteiger partial charge on any atom is 0.296 e. The van der Waals surface area contributed by atoms with Gasteiger partial charge in [0.15, 0.2) is 11.5 Å². The van der Waals surface area contributed by atoms with Crippen molar-refractivity contribution in [3.05, 3.63) is 22.2 Å². The highest BCUT2D eigenvalue weighted by Crippen LogP contribution is 2.37. The standard InChI is InChI=1S/C13H20N2O4/c1-5-6-9(2)14-10-7-12(18-3)13(19-4)8-11(10)15(16)17/h7-9,14H,5-6H2,1-4H3.